The van der Waals surface area contributed by atoms with E-state index in [4.69, 9.17) is 8.83 Å². The molecule has 1 aromatic carbocycles. The predicted molar refractivity (Wildman–Crippen MR) is 91.5 cm³/mol. The number of hydrogen-bond acceptors (Lipinski definition) is 4. The summed E-state index contributed by atoms with van der Waals surface area (Å²) in [6, 6.07) is 9.02. The molecule has 0 fully saturated rings. The molecule has 0 radical (unpaired) electrons. The van der Waals surface area contributed by atoms with Crippen LogP contribution in [0.25, 0.3) is 11.0 Å². The Bertz CT molecular complexity index is 884. The fourth-order valence-electron chi connectivity index (χ4n) is 2.31. The van der Waals surface area contributed by atoms with Crippen molar-refractivity contribution in [3.05, 3.63) is 58.2 Å². The Kier molecular flexibility index (Phi) is 4.71. The molecule has 2 amide bonds. The summed E-state index contributed by atoms with van der Waals surface area (Å²) in [5.41, 5.74) is 1.36. The van der Waals surface area contributed by atoms with Gasteiger partial charge in [-0.3, -0.25) is 9.59 Å². The van der Waals surface area contributed by atoms with Crippen molar-refractivity contribution in [2.45, 2.75) is 13.5 Å². The number of aryl methyl sites for hydroxylation is 1. The molecule has 0 aliphatic heterocycles. The third-order valence-corrected chi connectivity index (χ3v) is 4.05. The molecular formula is C17H15BrN2O4. The van der Waals surface area contributed by atoms with Crippen molar-refractivity contribution < 1.29 is 18.4 Å². The van der Waals surface area contributed by atoms with E-state index in [2.05, 4.69) is 26.6 Å². The number of carbonyl (C=O) groups excluding carboxylic acids is 2. The molecular weight excluding hydrogens is 376 g/mol. The summed E-state index contributed by atoms with van der Waals surface area (Å²) in [4.78, 5) is 24.0. The van der Waals surface area contributed by atoms with Gasteiger partial charge in [0.2, 0.25) is 5.91 Å². The van der Waals surface area contributed by atoms with Crippen LogP contribution in [0.15, 0.2) is 49.9 Å². The van der Waals surface area contributed by atoms with Gasteiger partial charge in [0.1, 0.15) is 11.3 Å². The summed E-state index contributed by atoms with van der Waals surface area (Å²) in [5.74, 6) is 0.125. The van der Waals surface area contributed by atoms with Gasteiger partial charge in [-0.25, -0.2) is 0 Å². The van der Waals surface area contributed by atoms with E-state index in [1.807, 2.05) is 19.1 Å². The Labute approximate surface area is 146 Å². The third-order valence-electron chi connectivity index (χ3n) is 3.55. The second-order valence-electron chi connectivity index (χ2n) is 5.24. The Morgan fingerprint density at radius 3 is 2.79 bits per heavy atom. The SMILES string of the molecule is Cc1c(C(=O)NCC(=O)NCc2ccco2)oc2ccc(Br)cc12. The lowest BCUT2D eigenvalue weighted by Crippen LogP contribution is -2.36. The molecule has 0 aliphatic carbocycles. The molecule has 2 aromatic heterocycles. The second kappa shape index (κ2) is 6.92. The van der Waals surface area contributed by atoms with Gasteiger partial charge in [-0.2, -0.15) is 0 Å². The minimum absolute atomic E-state index is 0.139. The van der Waals surface area contributed by atoms with E-state index < -0.39 is 5.91 Å². The second-order valence-corrected chi connectivity index (χ2v) is 6.15. The molecule has 2 N–H and O–H groups in total. The van der Waals surface area contributed by atoms with Gasteiger partial charge in [0.15, 0.2) is 5.76 Å². The van der Waals surface area contributed by atoms with Crippen molar-refractivity contribution in [1.29, 1.82) is 0 Å². The zero-order valence-corrected chi connectivity index (χ0v) is 14.5. The quantitative estimate of drug-likeness (QED) is 0.700. The molecule has 0 aliphatic rings. The van der Waals surface area contributed by atoms with E-state index in [9.17, 15) is 9.59 Å². The molecule has 6 nitrogen and oxygen atoms in total. The number of fused-ring (bicyclic) bond motifs is 1. The maximum atomic E-state index is 12.2. The van der Waals surface area contributed by atoms with Gasteiger partial charge in [0.05, 0.1) is 19.4 Å². The summed E-state index contributed by atoms with van der Waals surface area (Å²) in [7, 11) is 0. The van der Waals surface area contributed by atoms with Gasteiger partial charge >= 0.3 is 0 Å². The number of rotatable bonds is 5. The van der Waals surface area contributed by atoms with Gasteiger partial charge < -0.3 is 19.5 Å². The number of hydrogen-bond donors (Lipinski definition) is 2. The van der Waals surface area contributed by atoms with Crippen molar-refractivity contribution in [1.82, 2.24) is 10.6 Å². The highest BCUT2D eigenvalue weighted by molar-refractivity contribution is 9.10. The van der Waals surface area contributed by atoms with Crippen LogP contribution in [0.2, 0.25) is 0 Å². The zero-order valence-electron chi connectivity index (χ0n) is 12.9. The summed E-state index contributed by atoms with van der Waals surface area (Å²) in [6.45, 7) is 1.95. The predicted octanol–water partition coefficient (Wildman–Crippen LogP) is 3.14. The Morgan fingerprint density at radius 2 is 2.04 bits per heavy atom. The van der Waals surface area contributed by atoms with Gasteiger partial charge in [0, 0.05) is 15.4 Å². The van der Waals surface area contributed by atoms with E-state index in [-0.39, 0.29) is 24.8 Å². The van der Waals surface area contributed by atoms with Crippen LogP contribution in [0.1, 0.15) is 21.9 Å². The first kappa shape index (κ1) is 16.3. The lowest BCUT2D eigenvalue weighted by Gasteiger charge is -2.05. The van der Waals surface area contributed by atoms with Crippen LogP contribution < -0.4 is 10.6 Å². The van der Waals surface area contributed by atoms with E-state index in [0.29, 0.717) is 11.3 Å². The first-order chi connectivity index (χ1) is 11.5. The van der Waals surface area contributed by atoms with Crippen LogP contribution in [0.5, 0.6) is 0 Å². The Balaban J connectivity index is 1.60. The molecule has 24 heavy (non-hydrogen) atoms. The van der Waals surface area contributed by atoms with Crippen LogP contribution >= 0.6 is 15.9 Å². The van der Waals surface area contributed by atoms with E-state index in [1.54, 1.807) is 18.2 Å². The fraction of sp³-hybridized carbons (Fsp3) is 0.176. The van der Waals surface area contributed by atoms with Gasteiger partial charge in [-0.1, -0.05) is 15.9 Å². The van der Waals surface area contributed by atoms with E-state index in [0.717, 1.165) is 15.4 Å². The molecule has 3 aromatic rings. The van der Waals surface area contributed by atoms with Crippen LogP contribution in [0.4, 0.5) is 0 Å². The molecule has 0 spiro atoms. The van der Waals surface area contributed by atoms with E-state index >= 15 is 0 Å². The topological polar surface area (TPSA) is 84.5 Å². The highest BCUT2D eigenvalue weighted by atomic mass is 79.9. The zero-order chi connectivity index (χ0) is 17.1. The number of furan rings is 2. The Morgan fingerprint density at radius 1 is 1.21 bits per heavy atom. The van der Waals surface area contributed by atoms with Gasteiger partial charge in [-0.15, -0.1) is 0 Å². The van der Waals surface area contributed by atoms with Crippen molar-refractivity contribution >= 4 is 38.7 Å². The molecule has 0 atom stereocenters. The molecule has 2 heterocycles. The fourth-order valence-corrected chi connectivity index (χ4v) is 2.67. The first-order valence-electron chi connectivity index (χ1n) is 7.30. The molecule has 124 valence electrons. The average Bonchev–Trinajstić information content (AvgIpc) is 3.19. The number of carbonyl (C=O) groups is 2. The standard InChI is InChI=1S/C17H15BrN2O4/c1-10-13-7-11(18)4-5-14(13)24-16(10)17(22)20-9-15(21)19-8-12-3-2-6-23-12/h2-7H,8-9H2,1H3,(H,19,21)(H,20,22). The number of nitrogens with one attached hydrogen (secondary N) is 2. The largest absolute Gasteiger partial charge is 0.467 e. The smallest absolute Gasteiger partial charge is 0.287 e. The molecule has 0 saturated carbocycles. The first-order valence-corrected chi connectivity index (χ1v) is 8.10. The van der Waals surface area contributed by atoms with Crippen molar-refractivity contribution in [2.24, 2.45) is 0 Å². The van der Waals surface area contributed by atoms with Crippen LogP contribution in [0, 0.1) is 6.92 Å². The third kappa shape index (κ3) is 3.51. The molecule has 0 bridgehead atoms. The van der Waals surface area contributed by atoms with Crippen molar-refractivity contribution in [3.8, 4) is 0 Å². The maximum absolute atomic E-state index is 12.2. The summed E-state index contributed by atoms with van der Waals surface area (Å²) in [6.07, 6.45) is 1.53. The monoisotopic (exact) mass is 390 g/mol. The normalized spacial score (nSPS) is 10.8. The lowest BCUT2D eigenvalue weighted by atomic mass is 10.1. The highest BCUT2D eigenvalue weighted by Gasteiger charge is 2.18. The highest BCUT2D eigenvalue weighted by Crippen LogP contribution is 2.27. The van der Waals surface area contributed by atoms with Crippen molar-refractivity contribution in [2.75, 3.05) is 6.54 Å². The maximum Gasteiger partial charge on any atom is 0.287 e. The number of benzene rings is 1. The molecule has 3 rings (SSSR count). The van der Waals surface area contributed by atoms with Crippen LogP contribution in [0.3, 0.4) is 0 Å². The lowest BCUT2D eigenvalue weighted by molar-refractivity contribution is -0.120. The number of amides is 2. The minimum atomic E-state index is -0.423. The molecule has 7 heteroatoms. The Hall–Kier alpha value is -2.54. The van der Waals surface area contributed by atoms with Crippen LogP contribution in [-0.2, 0) is 11.3 Å². The average molecular weight is 391 g/mol. The summed E-state index contributed by atoms with van der Waals surface area (Å²) in [5, 5.41) is 6.07. The molecule has 0 saturated heterocycles. The summed E-state index contributed by atoms with van der Waals surface area (Å²) >= 11 is 3.39. The molecule has 0 unspecified atom stereocenters. The van der Waals surface area contributed by atoms with Gasteiger partial charge in [-0.05, 0) is 37.3 Å². The van der Waals surface area contributed by atoms with Gasteiger partial charge in [0.25, 0.3) is 5.91 Å². The van der Waals surface area contributed by atoms with Crippen molar-refractivity contribution in [3.63, 3.8) is 0 Å². The minimum Gasteiger partial charge on any atom is -0.467 e. The number of halogens is 1. The van der Waals surface area contributed by atoms with E-state index in [1.165, 1.54) is 6.26 Å². The van der Waals surface area contributed by atoms with Crippen LogP contribution in [-0.4, -0.2) is 18.4 Å². The summed E-state index contributed by atoms with van der Waals surface area (Å²) < 4.78 is 11.6.